The summed E-state index contributed by atoms with van der Waals surface area (Å²) < 4.78 is 5.70. The van der Waals surface area contributed by atoms with Crippen molar-refractivity contribution in [2.75, 3.05) is 13.1 Å². The predicted molar refractivity (Wildman–Crippen MR) is 71.6 cm³/mol. The van der Waals surface area contributed by atoms with Crippen molar-refractivity contribution in [1.82, 2.24) is 4.90 Å². The number of carbonyl (C=O) groups is 2. The van der Waals surface area contributed by atoms with Gasteiger partial charge in [-0.05, 0) is 24.5 Å². The molecule has 2 saturated heterocycles. The van der Waals surface area contributed by atoms with Crippen molar-refractivity contribution >= 4 is 11.9 Å². The Labute approximate surface area is 117 Å². The molecule has 3 rings (SSSR count). The van der Waals surface area contributed by atoms with Crippen LogP contribution in [0.4, 0.5) is 0 Å². The highest BCUT2D eigenvalue weighted by Gasteiger charge is 2.35. The van der Waals surface area contributed by atoms with Gasteiger partial charge in [-0.15, -0.1) is 0 Å². The molecule has 2 bridgehead atoms. The predicted octanol–water partition coefficient (Wildman–Crippen LogP) is 1.32. The van der Waals surface area contributed by atoms with Gasteiger partial charge < -0.3 is 14.7 Å². The van der Waals surface area contributed by atoms with Crippen molar-refractivity contribution in [3.05, 3.63) is 35.4 Å². The monoisotopic (exact) mass is 275 g/mol. The van der Waals surface area contributed by atoms with E-state index in [1.807, 2.05) is 4.90 Å². The Bertz CT molecular complexity index is 530. The van der Waals surface area contributed by atoms with Crippen LogP contribution in [0, 0.1) is 0 Å². The number of carboxylic acid groups (broad SMARTS) is 1. The van der Waals surface area contributed by atoms with Gasteiger partial charge in [0, 0.05) is 13.1 Å². The van der Waals surface area contributed by atoms with Crippen LogP contribution >= 0.6 is 0 Å². The largest absolute Gasteiger partial charge is 0.478 e. The summed E-state index contributed by atoms with van der Waals surface area (Å²) in [6.07, 6.45) is 2.49. The molecule has 0 aliphatic carbocycles. The second-order valence-corrected chi connectivity index (χ2v) is 5.40. The van der Waals surface area contributed by atoms with Gasteiger partial charge in [0.15, 0.2) is 0 Å². The van der Waals surface area contributed by atoms with E-state index in [9.17, 15) is 9.59 Å². The second kappa shape index (κ2) is 5.25. The number of hydrogen-bond donors (Lipinski definition) is 1. The van der Waals surface area contributed by atoms with Crippen LogP contribution in [0.5, 0.6) is 0 Å². The Balaban J connectivity index is 1.72. The van der Waals surface area contributed by atoms with Crippen molar-refractivity contribution in [3.8, 4) is 0 Å². The zero-order chi connectivity index (χ0) is 14.1. The maximum Gasteiger partial charge on any atom is 0.335 e. The van der Waals surface area contributed by atoms with Gasteiger partial charge in [0.1, 0.15) is 0 Å². The van der Waals surface area contributed by atoms with Crippen LogP contribution in [0.3, 0.4) is 0 Å². The number of nitrogens with zero attached hydrogens (tertiary/aromatic N) is 1. The minimum atomic E-state index is -0.990. The molecule has 0 saturated carbocycles. The minimum Gasteiger partial charge on any atom is -0.478 e. The number of hydrogen-bond acceptors (Lipinski definition) is 3. The zero-order valence-corrected chi connectivity index (χ0v) is 11.1. The molecule has 2 unspecified atom stereocenters. The van der Waals surface area contributed by atoms with Crippen molar-refractivity contribution in [1.29, 1.82) is 0 Å². The summed E-state index contributed by atoms with van der Waals surface area (Å²) in [6.45, 7) is 1.26. The molecule has 106 valence electrons. The molecular formula is C15H17NO4. The number of carboxylic acids is 1. The molecule has 1 amide bonds. The molecule has 20 heavy (non-hydrogen) atoms. The molecule has 2 aliphatic heterocycles. The van der Waals surface area contributed by atoms with E-state index in [2.05, 4.69) is 0 Å². The summed E-state index contributed by atoms with van der Waals surface area (Å²) in [4.78, 5) is 25.3. The summed E-state index contributed by atoms with van der Waals surface area (Å²) in [5, 5.41) is 9.14. The number of morpholine rings is 1. The second-order valence-electron chi connectivity index (χ2n) is 5.40. The van der Waals surface area contributed by atoms with Gasteiger partial charge in [-0.1, -0.05) is 18.2 Å². The van der Waals surface area contributed by atoms with E-state index in [4.69, 9.17) is 9.84 Å². The van der Waals surface area contributed by atoms with E-state index < -0.39 is 5.97 Å². The summed E-state index contributed by atoms with van der Waals surface area (Å²) in [6, 6.07) is 6.68. The number of ether oxygens (including phenoxy) is 1. The molecule has 2 heterocycles. The van der Waals surface area contributed by atoms with E-state index >= 15 is 0 Å². The van der Waals surface area contributed by atoms with E-state index in [1.54, 1.807) is 18.2 Å². The van der Waals surface area contributed by atoms with Crippen LogP contribution in [-0.4, -0.2) is 47.2 Å². The molecular weight excluding hydrogens is 258 g/mol. The molecule has 5 nitrogen and oxygen atoms in total. The average Bonchev–Trinajstić information content (AvgIpc) is 2.77. The molecule has 0 radical (unpaired) electrons. The first kappa shape index (κ1) is 13.1. The quantitative estimate of drug-likeness (QED) is 0.903. The van der Waals surface area contributed by atoms with Crippen LogP contribution in [0.15, 0.2) is 24.3 Å². The first-order valence-electron chi connectivity index (χ1n) is 6.88. The number of fused-ring (bicyclic) bond motifs is 2. The number of benzene rings is 1. The van der Waals surface area contributed by atoms with Crippen LogP contribution in [-0.2, 0) is 16.0 Å². The first-order chi connectivity index (χ1) is 9.63. The minimum absolute atomic E-state index is 0.0149. The van der Waals surface area contributed by atoms with Crippen LogP contribution in [0.25, 0.3) is 0 Å². The summed E-state index contributed by atoms with van der Waals surface area (Å²) >= 11 is 0. The van der Waals surface area contributed by atoms with Crippen molar-refractivity contribution in [3.63, 3.8) is 0 Å². The molecule has 0 aromatic heterocycles. The highest BCUT2D eigenvalue weighted by Crippen LogP contribution is 2.26. The number of likely N-dealkylation sites (tertiary alicyclic amines) is 1. The lowest BCUT2D eigenvalue weighted by atomic mass is 10.0. The van der Waals surface area contributed by atoms with E-state index in [-0.39, 0.29) is 30.1 Å². The summed E-state index contributed by atoms with van der Waals surface area (Å²) in [5.41, 5.74) is 0.779. The number of carbonyl (C=O) groups excluding carboxylic acids is 1. The highest BCUT2D eigenvalue weighted by atomic mass is 16.5. The third kappa shape index (κ3) is 2.54. The first-order valence-corrected chi connectivity index (χ1v) is 6.88. The SMILES string of the molecule is O=C(O)c1ccccc1CC(=O)N1CC2CCC(C1)O2. The Hall–Kier alpha value is -1.88. The van der Waals surface area contributed by atoms with E-state index in [0.29, 0.717) is 18.7 Å². The van der Waals surface area contributed by atoms with Crippen molar-refractivity contribution in [2.45, 2.75) is 31.5 Å². The van der Waals surface area contributed by atoms with E-state index in [1.165, 1.54) is 6.07 Å². The van der Waals surface area contributed by atoms with E-state index in [0.717, 1.165) is 12.8 Å². The molecule has 2 aliphatic rings. The lowest BCUT2D eigenvalue weighted by Crippen LogP contribution is -2.46. The molecule has 0 spiro atoms. The third-order valence-corrected chi connectivity index (χ3v) is 3.99. The fourth-order valence-corrected chi connectivity index (χ4v) is 2.98. The van der Waals surface area contributed by atoms with Crippen LogP contribution in [0.2, 0.25) is 0 Å². The Morgan fingerprint density at radius 3 is 2.50 bits per heavy atom. The molecule has 1 aromatic rings. The normalized spacial score (nSPS) is 24.7. The summed E-state index contributed by atoms with van der Waals surface area (Å²) in [5.74, 6) is -1.01. The van der Waals surface area contributed by atoms with Gasteiger partial charge in [-0.25, -0.2) is 4.79 Å². The van der Waals surface area contributed by atoms with Crippen LogP contribution in [0.1, 0.15) is 28.8 Å². The molecule has 5 heteroatoms. The van der Waals surface area contributed by atoms with Crippen molar-refractivity contribution < 1.29 is 19.4 Å². The maximum atomic E-state index is 12.3. The lowest BCUT2D eigenvalue weighted by Gasteiger charge is -2.32. The van der Waals surface area contributed by atoms with Gasteiger partial charge in [0.2, 0.25) is 5.91 Å². The van der Waals surface area contributed by atoms with Gasteiger partial charge >= 0.3 is 5.97 Å². The fourth-order valence-electron chi connectivity index (χ4n) is 2.98. The zero-order valence-electron chi connectivity index (χ0n) is 11.1. The standard InChI is InChI=1S/C15H17NO4/c17-14(16-8-11-5-6-12(9-16)20-11)7-10-3-1-2-4-13(10)15(18)19/h1-4,11-12H,5-9H2,(H,18,19). The van der Waals surface area contributed by atoms with Crippen LogP contribution < -0.4 is 0 Å². The number of rotatable bonds is 3. The topological polar surface area (TPSA) is 66.8 Å². The highest BCUT2D eigenvalue weighted by molar-refractivity contribution is 5.91. The third-order valence-electron chi connectivity index (χ3n) is 3.99. The number of amides is 1. The maximum absolute atomic E-state index is 12.3. The van der Waals surface area contributed by atoms with Gasteiger partial charge in [0.25, 0.3) is 0 Å². The summed E-state index contributed by atoms with van der Waals surface area (Å²) in [7, 11) is 0. The Kier molecular flexibility index (Phi) is 3.44. The lowest BCUT2D eigenvalue weighted by molar-refractivity contribution is -0.139. The molecule has 2 atom stereocenters. The fraction of sp³-hybridized carbons (Fsp3) is 0.467. The number of aromatic carboxylic acids is 1. The van der Waals surface area contributed by atoms with Gasteiger partial charge in [-0.2, -0.15) is 0 Å². The van der Waals surface area contributed by atoms with Crippen molar-refractivity contribution in [2.24, 2.45) is 0 Å². The molecule has 2 fully saturated rings. The smallest absolute Gasteiger partial charge is 0.335 e. The van der Waals surface area contributed by atoms with Gasteiger partial charge in [-0.3, -0.25) is 4.79 Å². The molecule has 1 N–H and O–H groups in total. The average molecular weight is 275 g/mol. The Morgan fingerprint density at radius 1 is 1.20 bits per heavy atom. The molecule has 1 aromatic carbocycles. The van der Waals surface area contributed by atoms with Gasteiger partial charge in [0.05, 0.1) is 24.2 Å². The Morgan fingerprint density at radius 2 is 1.85 bits per heavy atom.